The average Bonchev–Trinajstić information content (AvgIpc) is 2.07. The number of thioether (sulfide) groups is 1. The molecule has 3 heteroatoms. The SMILES string of the molecule is Cc1cc2c(cc1Cl)SCCN2. The van der Waals surface area contributed by atoms with Crippen molar-refractivity contribution < 1.29 is 0 Å². The molecule has 0 bridgehead atoms. The average molecular weight is 200 g/mol. The van der Waals surface area contributed by atoms with Crippen molar-refractivity contribution in [1.29, 1.82) is 0 Å². The van der Waals surface area contributed by atoms with Gasteiger partial charge in [-0.15, -0.1) is 11.8 Å². The van der Waals surface area contributed by atoms with Crippen LogP contribution in [0.1, 0.15) is 5.56 Å². The van der Waals surface area contributed by atoms with Crippen molar-refractivity contribution in [1.82, 2.24) is 0 Å². The molecule has 0 saturated heterocycles. The van der Waals surface area contributed by atoms with E-state index in [0.717, 1.165) is 22.9 Å². The summed E-state index contributed by atoms with van der Waals surface area (Å²) in [6.07, 6.45) is 0. The maximum atomic E-state index is 6.00. The number of hydrogen-bond donors (Lipinski definition) is 1. The monoisotopic (exact) mass is 199 g/mol. The van der Waals surface area contributed by atoms with Gasteiger partial charge in [0.2, 0.25) is 0 Å². The highest BCUT2D eigenvalue weighted by Crippen LogP contribution is 2.34. The van der Waals surface area contributed by atoms with Gasteiger partial charge in [0.15, 0.2) is 0 Å². The number of rotatable bonds is 0. The van der Waals surface area contributed by atoms with Crippen molar-refractivity contribution in [3.05, 3.63) is 22.7 Å². The number of benzene rings is 1. The lowest BCUT2D eigenvalue weighted by Gasteiger charge is -2.18. The summed E-state index contributed by atoms with van der Waals surface area (Å²) in [4.78, 5) is 1.27. The number of nitrogens with one attached hydrogen (secondary N) is 1. The lowest BCUT2D eigenvalue weighted by atomic mass is 10.2. The molecule has 0 aliphatic carbocycles. The zero-order chi connectivity index (χ0) is 8.55. The quantitative estimate of drug-likeness (QED) is 0.689. The Morgan fingerprint density at radius 3 is 3.17 bits per heavy atom. The van der Waals surface area contributed by atoms with Crippen LogP contribution >= 0.6 is 23.4 Å². The van der Waals surface area contributed by atoms with Crippen molar-refractivity contribution in [3.63, 3.8) is 0 Å². The van der Waals surface area contributed by atoms with E-state index in [4.69, 9.17) is 11.6 Å². The Balaban J connectivity index is 2.49. The minimum absolute atomic E-state index is 0.866. The maximum Gasteiger partial charge on any atom is 0.0482 e. The lowest BCUT2D eigenvalue weighted by Crippen LogP contribution is -2.10. The standard InChI is InChI=1S/C9H10ClNS/c1-6-4-8-9(5-7(6)10)12-3-2-11-8/h4-5,11H,2-3H2,1H3. The molecule has 0 aromatic heterocycles. The van der Waals surface area contributed by atoms with Crippen LogP contribution in [0.5, 0.6) is 0 Å². The van der Waals surface area contributed by atoms with E-state index in [-0.39, 0.29) is 0 Å². The molecule has 1 nitrogen and oxygen atoms in total. The highest BCUT2D eigenvalue weighted by Gasteiger charge is 2.10. The zero-order valence-electron chi connectivity index (χ0n) is 6.86. The van der Waals surface area contributed by atoms with Crippen LogP contribution in [-0.4, -0.2) is 12.3 Å². The molecule has 1 heterocycles. The van der Waals surface area contributed by atoms with Gasteiger partial charge in [0, 0.05) is 27.9 Å². The van der Waals surface area contributed by atoms with Gasteiger partial charge in [0.1, 0.15) is 0 Å². The van der Waals surface area contributed by atoms with Gasteiger partial charge in [-0.25, -0.2) is 0 Å². The molecule has 0 radical (unpaired) electrons. The second-order valence-corrected chi connectivity index (χ2v) is 4.42. The zero-order valence-corrected chi connectivity index (χ0v) is 8.43. The molecule has 12 heavy (non-hydrogen) atoms. The van der Waals surface area contributed by atoms with Crippen LogP contribution in [0.25, 0.3) is 0 Å². The summed E-state index contributed by atoms with van der Waals surface area (Å²) in [5.74, 6) is 1.13. The highest BCUT2D eigenvalue weighted by atomic mass is 35.5. The molecule has 0 amide bonds. The van der Waals surface area contributed by atoms with E-state index in [1.165, 1.54) is 10.6 Å². The van der Waals surface area contributed by atoms with E-state index in [0.29, 0.717) is 0 Å². The van der Waals surface area contributed by atoms with Gasteiger partial charge in [-0.3, -0.25) is 0 Å². The van der Waals surface area contributed by atoms with E-state index in [2.05, 4.69) is 11.4 Å². The molecule has 1 aromatic rings. The molecule has 1 aromatic carbocycles. The van der Waals surface area contributed by atoms with Crippen molar-refractivity contribution >= 4 is 29.1 Å². The first-order chi connectivity index (χ1) is 5.77. The normalized spacial score (nSPS) is 15.2. The third-order valence-corrected chi connectivity index (χ3v) is 3.40. The maximum absolute atomic E-state index is 6.00. The summed E-state index contributed by atoms with van der Waals surface area (Å²) >= 11 is 7.87. The van der Waals surface area contributed by atoms with E-state index in [1.807, 2.05) is 24.8 Å². The summed E-state index contributed by atoms with van der Waals surface area (Å²) in [7, 11) is 0. The molecule has 1 aliphatic rings. The second-order valence-electron chi connectivity index (χ2n) is 2.87. The third-order valence-electron chi connectivity index (χ3n) is 1.94. The van der Waals surface area contributed by atoms with Crippen molar-refractivity contribution in [2.75, 3.05) is 17.6 Å². The Morgan fingerprint density at radius 1 is 1.50 bits per heavy atom. The fourth-order valence-electron chi connectivity index (χ4n) is 1.27. The van der Waals surface area contributed by atoms with Gasteiger partial charge in [0.25, 0.3) is 0 Å². The molecule has 1 aliphatic heterocycles. The predicted molar refractivity (Wildman–Crippen MR) is 55.4 cm³/mol. The van der Waals surface area contributed by atoms with Crippen LogP contribution < -0.4 is 5.32 Å². The number of halogens is 1. The van der Waals surface area contributed by atoms with Gasteiger partial charge in [0.05, 0.1) is 0 Å². The fraction of sp³-hybridized carbons (Fsp3) is 0.333. The predicted octanol–water partition coefficient (Wildman–Crippen LogP) is 3.17. The van der Waals surface area contributed by atoms with Crippen molar-refractivity contribution in [2.24, 2.45) is 0 Å². The highest BCUT2D eigenvalue weighted by molar-refractivity contribution is 7.99. The second kappa shape index (κ2) is 3.19. The van der Waals surface area contributed by atoms with Crippen LogP contribution in [-0.2, 0) is 0 Å². The van der Waals surface area contributed by atoms with Crippen molar-refractivity contribution in [2.45, 2.75) is 11.8 Å². The lowest BCUT2D eigenvalue weighted by molar-refractivity contribution is 1.16. The molecule has 2 rings (SSSR count). The topological polar surface area (TPSA) is 12.0 Å². The van der Waals surface area contributed by atoms with Gasteiger partial charge in [-0.1, -0.05) is 11.6 Å². The molecule has 0 atom stereocenters. The van der Waals surface area contributed by atoms with Crippen LogP contribution in [0.4, 0.5) is 5.69 Å². The molecule has 0 fully saturated rings. The summed E-state index contributed by atoms with van der Waals surface area (Å²) in [6.45, 7) is 3.09. The molecule has 0 saturated carbocycles. The fourth-order valence-corrected chi connectivity index (χ4v) is 2.41. The molecular weight excluding hydrogens is 190 g/mol. The number of aryl methyl sites for hydroxylation is 1. The largest absolute Gasteiger partial charge is 0.383 e. The van der Waals surface area contributed by atoms with Crippen LogP contribution in [0.2, 0.25) is 5.02 Å². The number of anilines is 1. The van der Waals surface area contributed by atoms with E-state index in [1.54, 1.807) is 0 Å². The summed E-state index contributed by atoms with van der Waals surface area (Å²) in [5, 5.41) is 4.22. The number of hydrogen-bond acceptors (Lipinski definition) is 2. The minimum atomic E-state index is 0.866. The smallest absolute Gasteiger partial charge is 0.0482 e. The van der Waals surface area contributed by atoms with Gasteiger partial charge >= 0.3 is 0 Å². The summed E-state index contributed by atoms with van der Waals surface area (Å²) < 4.78 is 0. The Bertz CT molecular complexity index is 281. The van der Waals surface area contributed by atoms with Crippen molar-refractivity contribution in [3.8, 4) is 0 Å². The van der Waals surface area contributed by atoms with Crippen LogP contribution in [0, 0.1) is 6.92 Å². The van der Waals surface area contributed by atoms with Gasteiger partial charge < -0.3 is 5.32 Å². The minimum Gasteiger partial charge on any atom is -0.383 e. The Kier molecular flexibility index (Phi) is 2.20. The van der Waals surface area contributed by atoms with Crippen LogP contribution in [0.3, 0.4) is 0 Å². The third kappa shape index (κ3) is 1.41. The van der Waals surface area contributed by atoms with Crippen LogP contribution in [0.15, 0.2) is 17.0 Å². The van der Waals surface area contributed by atoms with Gasteiger partial charge in [-0.05, 0) is 24.6 Å². The summed E-state index contributed by atoms with van der Waals surface area (Å²) in [6, 6.07) is 4.16. The first-order valence-electron chi connectivity index (χ1n) is 3.94. The Hall–Kier alpha value is -0.340. The molecule has 0 unspecified atom stereocenters. The molecule has 0 spiro atoms. The first-order valence-corrected chi connectivity index (χ1v) is 5.30. The molecule has 64 valence electrons. The van der Waals surface area contributed by atoms with E-state index in [9.17, 15) is 0 Å². The molecular formula is C9H10ClNS. The van der Waals surface area contributed by atoms with Gasteiger partial charge in [-0.2, -0.15) is 0 Å². The van der Waals surface area contributed by atoms with E-state index >= 15 is 0 Å². The number of fused-ring (bicyclic) bond motifs is 1. The Morgan fingerprint density at radius 2 is 2.33 bits per heavy atom. The first kappa shape index (κ1) is 8.27. The van der Waals surface area contributed by atoms with E-state index < -0.39 is 0 Å². The molecule has 1 N–H and O–H groups in total. The Labute approximate surface area is 81.5 Å². The summed E-state index contributed by atoms with van der Waals surface area (Å²) in [5.41, 5.74) is 2.37.